The number of ether oxygens (including phenoxy) is 3. The van der Waals surface area contributed by atoms with Crippen molar-refractivity contribution in [1.29, 1.82) is 0 Å². The molecule has 2 rings (SSSR count). The van der Waals surface area contributed by atoms with E-state index in [-0.39, 0.29) is 30.1 Å². The number of hydrogen-bond acceptors (Lipinski definition) is 5. The summed E-state index contributed by atoms with van der Waals surface area (Å²) in [7, 11) is 1.58. The fraction of sp³-hybridized carbons (Fsp3) is 0.550. The van der Waals surface area contributed by atoms with Gasteiger partial charge in [-0.25, -0.2) is 0 Å². The van der Waals surface area contributed by atoms with Crippen LogP contribution in [0.1, 0.15) is 31.2 Å². The van der Waals surface area contributed by atoms with Gasteiger partial charge in [-0.1, -0.05) is 23.7 Å². The summed E-state index contributed by atoms with van der Waals surface area (Å²) in [6.07, 6.45) is 2.62. The Hall–Kier alpha value is -1.60. The standard InChI is InChI=1S/C20H28ClNO5/c1-3-26-20-16(5-4-11-23)17(14-6-8-15(21)9-7-14)13-18(27-20)19(24)22-10-12-25-2/h6-9,13,16-17,20,23H,3-5,10-12H2,1-2H3,(H,22,24)/t16-,17+,20+/m0/s1. The summed E-state index contributed by atoms with van der Waals surface area (Å²) in [4.78, 5) is 12.5. The Morgan fingerprint density at radius 3 is 2.70 bits per heavy atom. The number of hydrogen-bond donors (Lipinski definition) is 2. The summed E-state index contributed by atoms with van der Waals surface area (Å²) in [5, 5.41) is 12.7. The number of aliphatic hydroxyl groups excluding tert-OH is 1. The molecule has 6 nitrogen and oxygen atoms in total. The first-order valence-electron chi connectivity index (χ1n) is 9.24. The maximum absolute atomic E-state index is 12.5. The topological polar surface area (TPSA) is 77.0 Å². The van der Waals surface area contributed by atoms with Gasteiger partial charge in [0.15, 0.2) is 5.76 Å². The molecule has 150 valence electrons. The number of benzene rings is 1. The van der Waals surface area contributed by atoms with Crippen molar-refractivity contribution in [2.24, 2.45) is 5.92 Å². The van der Waals surface area contributed by atoms with Crippen molar-refractivity contribution in [1.82, 2.24) is 5.32 Å². The van der Waals surface area contributed by atoms with Crippen LogP contribution < -0.4 is 5.32 Å². The molecule has 1 amide bonds. The molecule has 0 saturated heterocycles. The second kappa shape index (κ2) is 11.3. The molecule has 0 spiro atoms. The van der Waals surface area contributed by atoms with E-state index in [0.29, 0.717) is 37.6 Å². The molecule has 2 N–H and O–H groups in total. The van der Waals surface area contributed by atoms with Crippen LogP contribution in [0.25, 0.3) is 0 Å². The van der Waals surface area contributed by atoms with Crippen molar-refractivity contribution in [3.8, 4) is 0 Å². The lowest BCUT2D eigenvalue weighted by atomic mass is 9.80. The van der Waals surface area contributed by atoms with Gasteiger partial charge >= 0.3 is 0 Å². The number of carbonyl (C=O) groups is 1. The summed E-state index contributed by atoms with van der Waals surface area (Å²) in [5.74, 6) is -0.155. The molecule has 1 aliphatic rings. The van der Waals surface area contributed by atoms with Gasteiger partial charge in [0.05, 0.1) is 6.61 Å². The van der Waals surface area contributed by atoms with Gasteiger partial charge in [-0.2, -0.15) is 0 Å². The highest BCUT2D eigenvalue weighted by molar-refractivity contribution is 6.30. The highest BCUT2D eigenvalue weighted by Gasteiger charge is 2.37. The average Bonchev–Trinajstić information content (AvgIpc) is 2.67. The number of halogens is 1. The maximum Gasteiger partial charge on any atom is 0.286 e. The van der Waals surface area contributed by atoms with Gasteiger partial charge in [-0.15, -0.1) is 0 Å². The zero-order valence-corrected chi connectivity index (χ0v) is 16.6. The van der Waals surface area contributed by atoms with Crippen LogP contribution in [0, 0.1) is 5.92 Å². The van der Waals surface area contributed by atoms with Gasteiger partial charge in [0.1, 0.15) is 0 Å². The largest absolute Gasteiger partial charge is 0.459 e. The van der Waals surface area contributed by atoms with Crippen LogP contribution in [0.3, 0.4) is 0 Å². The molecule has 0 unspecified atom stereocenters. The molecular weight excluding hydrogens is 370 g/mol. The minimum Gasteiger partial charge on any atom is -0.459 e. The molecule has 1 aliphatic heterocycles. The van der Waals surface area contributed by atoms with Crippen molar-refractivity contribution in [2.75, 3.05) is 33.5 Å². The zero-order valence-electron chi connectivity index (χ0n) is 15.8. The number of carbonyl (C=O) groups excluding carboxylic acids is 1. The van der Waals surface area contributed by atoms with E-state index in [4.69, 9.17) is 25.8 Å². The summed E-state index contributed by atoms with van der Waals surface area (Å²) in [6.45, 7) is 3.27. The van der Waals surface area contributed by atoms with E-state index < -0.39 is 6.29 Å². The monoisotopic (exact) mass is 397 g/mol. The summed E-state index contributed by atoms with van der Waals surface area (Å²) in [6, 6.07) is 7.56. The van der Waals surface area contributed by atoms with E-state index in [2.05, 4.69) is 5.32 Å². The predicted octanol–water partition coefficient (Wildman–Crippen LogP) is 2.85. The Labute approximate surface area is 165 Å². The van der Waals surface area contributed by atoms with E-state index in [0.717, 1.165) is 5.56 Å². The molecule has 0 saturated carbocycles. The molecule has 1 aromatic carbocycles. The second-order valence-electron chi connectivity index (χ2n) is 6.33. The quantitative estimate of drug-likeness (QED) is 0.594. The van der Waals surface area contributed by atoms with Gasteiger partial charge in [0.25, 0.3) is 5.91 Å². The van der Waals surface area contributed by atoms with Crippen LogP contribution in [0.15, 0.2) is 36.1 Å². The number of aliphatic hydroxyl groups is 1. The molecule has 27 heavy (non-hydrogen) atoms. The van der Waals surface area contributed by atoms with Crippen molar-refractivity contribution >= 4 is 17.5 Å². The SMILES string of the molecule is CCO[C@@H]1OC(C(=O)NCCOC)=C[C@H](c2ccc(Cl)cc2)[C@@H]1CCCO. The first-order chi connectivity index (χ1) is 13.1. The van der Waals surface area contributed by atoms with E-state index >= 15 is 0 Å². The Morgan fingerprint density at radius 2 is 2.07 bits per heavy atom. The van der Waals surface area contributed by atoms with Gasteiger partial charge in [0.2, 0.25) is 6.29 Å². The second-order valence-corrected chi connectivity index (χ2v) is 6.76. The lowest BCUT2D eigenvalue weighted by Crippen LogP contribution is -2.39. The third kappa shape index (κ3) is 6.21. The van der Waals surface area contributed by atoms with Crippen LogP contribution in [-0.4, -0.2) is 50.8 Å². The number of allylic oxidation sites excluding steroid dienone is 1. The van der Waals surface area contributed by atoms with Crippen molar-refractivity contribution in [3.05, 3.63) is 46.7 Å². The minimum absolute atomic E-state index is 0.0196. The summed E-state index contributed by atoms with van der Waals surface area (Å²) in [5.41, 5.74) is 1.03. The van der Waals surface area contributed by atoms with Crippen molar-refractivity contribution in [2.45, 2.75) is 32.0 Å². The normalized spacial score (nSPS) is 22.1. The minimum atomic E-state index is -0.560. The molecular formula is C20H28ClNO5. The summed E-state index contributed by atoms with van der Waals surface area (Å²) >= 11 is 6.03. The molecule has 0 bridgehead atoms. The van der Waals surface area contributed by atoms with Crippen molar-refractivity contribution in [3.63, 3.8) is 0 Å². The third-order valence-electron chi connectivity index (χ3n) is 4.48. The van der Waals surface area contributed by atoms with Crippen LogP contribution in [0.2, 0.25) is 5.02 Å². The van der Waals surface area contributed by atoms with E-state index in [1.54, 1.807) is 7.11 Å². The fourth-order valence-corrected chi connectivity index (χ4v) is 3.31. The molecule has 1 heterocycles. The first-order valence-corrected chi connectivity index (χ1v) is 9.62. The van der Waals surface area contributed by atoms with E-state index in [9.17, 15) is 9.90 Å². The lowest BCUT2D eigenvalue weighted by molar-refractivity contribution is -0.166. The number of rotatable bonds is 10. The number of nitrogens with one attached hydrogen (secondary N) is 1. The van der Waals surface area contributed by atoms with Gasteiger partial charge in [0, 0.05) is 43.7 Å². The Balaban J connectivity index is 2.31. The molecule has 0 radical (unpaired) electrons. The molecule has 1 aromatic rings. The van der Waals surface area contributed by atoms with E-state index in [1.165, 1.54) is 0 Å². The highest BCUT2D eigenvalue weighted by atomic mass is 35.5. The Kier molecular flexibility index (Phi) is 9.07. The molecule has 0 aliphatic carbocycles. The number of methoxy groups -OCH3 is 1. The molecule has 0 fully saturated rings. The van der Waals surface area contributed by atoms with Crippen LogP contribution in [0.5, 0.6) is 0 Å². The summed E-state index contributed by atoms with van der Waals surface area (Å²) < 4.78 is 16.6. The van der Waals surface area contributed by atoms with Crippen LogP contribution in [-0.2, 0) is 19.0 Å². The molecule has 3 atom stereocenters. The predicted molar refractivity (Wildman–Crippen MR) is 103 cm³/mol. The molecule has 7 heteroatoms. The number of amides is 1. The Bertz CT molecular complexity index is 619. The zero-order chi connectivity index (χ0) is 19.6. The van der Waals surface area contributed by atoms with Gasteiger partial charge in [-0.05, 0) is 43.5 Å². The fourth-order valence-electron chi connectivity index (χ4n) is 3.18. The first kappa shape index (κ1) is 21.7. The highest BCUT2D eigenvalue weighted by Crippen LogP contribution is 2.39. The molecule has 0 aromatic heterocycles. The smallest absolute Gasteiger partial charge is 0.286 e. The van der Waals surface area contributed by atoms with Crippen LogP contribution in [0.4, 0.5) is 0 Å². The lowest BCUT2D eigenvalue weighted by Gasteiger charge is -2.37. The maximum atomic E-state index is 12.5. The Morgan fingerprint density at radius 1 is 1.33 bits per heavy atom. The third-order valence-corrected chi connectivity index (χ3v) is 4.73. The van der Waals surface area contributed by atoms with Crippen molar-refractivity contribution < 1.29 is 24.1 Å². The van der Waals surface area contributed by atoms with Crippen LogP contribution >= 0.6 is 11.6 Å². The van der Waals surface area contributed by atoms with Gasteiger partial charge < -0.3 is 24.6 Å². The van der Waals surface area contributed by atoms with Gasteiger partial charge in [-0.3, -0.25) is 4.79 Å². The average molecular weight is 398 g/mol. The van der Waals surface area contributed by atoms with E-state index in [1.807, 2.05) is 37.3 Å².